The maximum absolute atomic E-state index is 10.6. The van der Waals surface area contributed by atoms with Crippen LogP contribution < -0.4 is 0 Å². The summed E-state index contributed by atoms with van der Waals surface area (Å²) in [4.78, 5) is 0. The van der Waals surface area contributed by atoms with Crippen LogP contribution in [0.15, 0.2) is 29.8 Å². The van der Waals surface area contributed by atoms with E-state index in [1.807, 2.05) is 0 Å². The largest absolute Gasteiger partial charge is 0.388 e. The van der Waals surface area contributed by atoms with Crippen LogP contribution in [0.2, 0.25) is 0 Å². The zero-order valence-corrected chi connectivity index (χ0v) is 11.9. The summed E-state index contributed by atoms with van der Waals surface area (Å²) < 4.78 is 0. The minimum Gasteiger partial charge on any atom is -0.388 e. The molecular formula is C17H24O. The summed E-state index contributed by atoms with van der Waals surface area (Å²) in [7, 11) is 0. The third-order valence-corrected chi connectivity index (χ3v) is 3.86. The van der Waals surface area contributed by atoms with Crippen molar-refractivity contribution in [1.82, 2.24) is 0 Å². The molecule has 2 rings (SSSR count). The van der Waals surface area contributed by atoms with Gasteiger partial charge in [-0.25, -0.2) is 0 Å². The summed E-state index contributed by atoms with van der Waals surface area (Å²) in [6.07, 6.45) is 4.13. The molecule has 98 valence electrons. The van der Waals surface area contributed by atoms with Gasteiger partial charge in [0.25, 0.3) is 0 Å². The number of hydrogen-bond donors (Lipinski definition) is 1. The molecule has 0 amide bonds. The molecular weight excluding hydrogens is 220 g/mol. The molecule has 0 aliphatic heterocycles. The van der Waals surface area contributed by atoms with E-state index in [9.17, 15) is 5.11 Å². The quantitative estimate of drug-likeness (QED) is 0.768. The fourth-order valence-electron chi connectivity index (χ4n) is 3.29. The van der Waals surface area contributed by atoms with Crippen LogP contribution in [0.5, 0.6) is 0 Å². The lowest BCUT2D eigenvalue weighted by molar-refractivity contribution is 0.0931. The summed E-state index contributed by atoms with van der Waals surface area (Å²) in [6.45, 7) is 8.61. The van der Waals surface area contributed by atoms with E-state index in [1.54, 1.807) is 0 Å². The molecule has 0 bridgehead atoms. The molecule has 0 spiro atoms. The Hall–Kier alpha value is -1.08. The normalized spacial score (nSPS) is 25.7. The molecule has 3 atom stereocenters. The lowest BCUT2D eigenvalue weighted by atomic mass is 9.78. The Morgan fingerprint density at radius 1 is 1.11 bits per heavy atom. The molecule has 18 heavy (non-hydrogen) atoms. The van der Waals surface area contributed by atoms with Crippen LogP contribution in [0.1, 0.15) is 49.5 Å². The first kappa shape index (κ1) is 13.4. The summed E-state index contributed by atoms with van der Waals surface area (Å²) in [5.74, 6) is 0.954. The molecule has 1 aliphatic rings. The fraction of sp³-hybridized carbons (Fsp3) is 0.529. The van der Waals surface area contributed by atoms with E-state index in [0.29, 0.717) is 11.8 Å². The van der Waals surface area contributed by atoms with Gasteiger partial charge in [0, 0.05) is 0 Å². The highest BCUT2D eigenvalue weighted by atomic mass is 16.3. The van der Waals surface area contributed by atoms with Crippen molar-refractivity contribution < 1.29 is 5.11 Å². The number of benzene rings is 1. The molecule has 3 unspecified atom stereocenters. The van der Waals surface area contributed by atoms with Gasteiger partial charge in [0.05, 0.1) is 6.10 Å². The average Bonchev–Trinajstić information content (AvgIpc) is 2.25. The highest BCUT2D eigenvalue weighted by molar-refractivity contribution is 5.30. The van der Waals surface area contributed by atoms with Crippen molar-refractivity contribution in [2.24, 2.45) is 11.8 Å². The zero-order valence-electron chi connectivity index (χ0n) is 11.9. The van der Waals surface area contributed by atoms with Crippen molar-refractivity contribution in [3.8, 4) is 0 Å². The van der Waals surface area contributed by atoms with Crippen molar-refractivity contribution >= 4 is 0 Å². The predicted molar refractivity (Wildman–Crippen MR) is 76.5 cm³/mol. The molecule has 0 aromatic heterocycles. The van der Waals surface area contributed by atoms with Crippen molar-refractivity contribution in [2.75, 3.05) is 0 Å². The molecule has 0 heterocycles. The number of aryl methyl sites for hydroxylation is 2. The Labute approximate surface area is 111 Å². The molecule has 1 aliphatic carbocycles. The van der Waals surface area contributed by atoms with Crippen molar-refractivity contribution in [3.63, 3.8) is 0 Å². The van der Waals surface area contributed by atoms with Crippen LogP contribution in [0.25, 0.3) is 0 Å². The monoisotopic (exact) mass is 244 g/mol. The topological polar surface area (TPSA) is 20.2 Å². The molecule has 1 N–H and O–H groups in total. The molecule has 0 saturated heterocycles. The first-order valence-electron chi connectivity index (χ1n) is 6.89. The second-order valence-corrected chi connectivity index (χ2v) is 6.06. The predicted octanol–water partition coefficient (Wildman–Crippen LogP) is 4.33. The molecule has 1 heteroatoms. The lowest BCUT2D eigenvalue weighted by Gasteiger charge is -2.30. The number of allylic oxidation sites excluding steroid dienone is 2. The fourth-order valence-corrected chi connectivity index (χ4v) is 3.29. The minimum absolute atomic E-state index is 0.324. The van der Waals surface area contributed by atoms with Crippen molar-refractivity contribution in [3.05, 3.63) is 46.5 Å². The number of aliphatic hydroxyl groups excluding tert-OH is 1. The van der Waals surface area contributed by atoms with E-state index < -0.39 is 0 Å². The minimum atomic E-state index is -0.324. The molecule has 1 nitrogen and oxygen atoms in total. The zero-order chi connectivity index (χ0) is 13.3. The first-order chi connectivity index (χ1) is 8.45. The van der Waals surface area contributed by atoms with Crippen LogP contribution in [-0.4, -0.2) is 5.11 Å². The van der Waals surface area contributed by atoms with Gasteiger partial charge >= 0.3 is 0 Å². The Morgan fingerprint density at radius 2 is 1.72 bits per heavy atom. The highest BCUT2D eigenvalue weighted by Gasteiger charge is 2.26. The van der Waals surface area contributed by atoms with E-state index in [2.05, 4.69) is 52.0 Å². The van der Waals surface area contributed by atoms with Gasteiger partial charge in [-0.2, -0.15) is 0 Å². The summed E-state index contributed by atoms with van der Waals surface area (Å²) in [5.41, 5.74) is 4.97. The van der Waals surface area contributed by atoms with Gasteiger partial charge in [-0.3, -0.25) is 0 Å². The first-order valence-corrected chi connectivity index (χ1v) is 6.89. The molecule has 0 radical (unpaired) electrons. The van der Waals surface area contributed by atoms with Crippen molar-refractivity contribution in [1.29, 1.82) is 0 Å². The van der Waals surface area contributed by atoms with Crippen LogP contribution in [-0.2, 0) is 0 Å². The van der Waals surface area contributed by atoms with Gasteiger partial charge in [0.2, 0.25) is 0 Å². The van der Waals surface area contributed by atoms with Crippen LogP contribution >= 0.6 is 0 Å². The van der Waals surface area contributed by atoms with Gasteiger partial charge in [0.15, 0.2) is 0 Å². The maximum Gasteiger partial charge on any atom is 0.0821 e. The Morgan fingerprint density at radius 3 is 2.28 bits per heavy atom. The maximum atomic E-state index is 10.6. The average molecular weight is 244 g/mol. The van der Waals surface area contributed by atoms with E-state index in [4.69, 9.17) is 0 Å². The number of aliphatic hydroxyl groups is 1. The van der Waals surface area contributed by atoms with Gasteiger partial charge in [-0.15, -0.1) is 0 Å². The third kappa shape index (κ3) is 3.02. The van der Waals surface area contributed by atoms with Crippen LogP contribution in [0.3, 0.4) is 0 Å². The smallest absolute Gasteiger partial charge is 0.0821 e. The molecule has 1 aromatic rings. The van der Waals surface area contributed by atoms with Gasteiger partial charge in [0.1, 0.15) is 0 Å². The SMILES string of the molecule is CC1=CC(C)CC(C(O)c2cc(C)cc(C)c2)C1. The molecule has 1 aromatic carbocycles. The molecule has 0 saturated carbocycles. The third-order valence-electron chi connectivity index (χ3n) is 3.86. The summed E-state index contributed by atoms with van der Waals surface area (Å²) >= 11 is 0. The second-order valence-electron chi connectivity index (χ2n) is 6.06. The van der Waals surface area contributed by atoms with Gasteiger partial charge in [-0.1, -0.05) is 47.9 Å². The lowest BCUT2D eigenvalue weighted by Crippen LogP contribution is -2.19. The van der Waals surface area contributed by atoms with Crippen LogP contribution in [0, 0.1) is 25.7 Å². The highest BCUT2D eigenvalue weighted by Crippen LogP contribution is 2.37. The van der Waals surface area contributed by atoms with E-state index in [1.165, 1.54) is 16.7 Å². The summed E-state index contributed by atoms with van der Waals surface area (Å²) in [5, 5.41) is 10.6. The standard InChI is InChI=1S/C17H24O/c1-11-5-12(2)8-15(7-11)17(18)16-9-13(3)6-14(4)10-16/h5-8,13,16-18H,9-10H2,1-4H3. The van der Waals surface area contributed by atoms with E-state index >= 15 is 0 Å². The number of hydrogen-bond acceptors (Lipinski definition) is 1. The Balaban J connectivity index is 2.21. The molecule has 0 fully saturated rings. The number of rotatable bonds is 2. The van der Waals surface area contributed by atoms with E-state index in [0.717, 1.165) is 18.4 Å². The van der Waals surface area contributed by atoms with Gasteiger partial charge < -0.3 is 5.11 Å². The second kappa shape index (κ2) is 5.27. The van der Waals surface area contributed by atoms with Crippen LogP contribution in [0.4, 0.5) is 0 Å². The van der Waals surface area contributed by atoms with Gasteiger partial charge in [-0.05, 0) is 51.0 Å². The Bertz CT molecular complexity index is 438. The summed E-state index contributed by atoms with van der Waals surface area (Å²) in [6, 6.07) is 6.40. The van der Waals surface area contributed by atoms with E-state index in [-0.39, 0.29) is 6.10 Å². The van der Waals surface area contributed by atoms with Crippen molar-refractivity contribution in [2.45, 2.75) is 46.6 Å². The Kier molecular flexibility index (Phi) is 3.91.